The van der Waals surface area contributed by atoms with Crippen LogP contribution in [0.4, 0.5) is 10.1 Å². The van der Waals surface area contributed by atoms with Crippen molar-refractivity contribution in [1.82, 2.24) is 20.2 Å². The van der Waals surface area contributed by atoms with Crippen LogP contribution in [0.15, 0.2) is 67.0 Å². The molecule has 5 rings (SSSR count). The van der Waals surface area contributed by atoms with Gasteiger partial charge in [0, 0.05) is 38.6 Å². The lowest BCUT2D eigenvalue weighted by Gasteiger charge is -2.37. The van der Waals surface area contributed by atoms with Crippen LogP contribution in [0.25, 0.3) is 0 Å². The molecule has 8 heteroatoms. The van der Waals surface area contributed by atoms with Crippen molar-refractivity contribution in [2.45, 2.75) is 18.5 Å². The highest BCUT2D eigenvalue weighted by Crippen LogP contribution is 2.30. The third-order valence-corrected chi connectivity index (χ3v) is 6.41. The second-order valence-electron chi connectivity index (χ2n) is 8.33. The summed E-state index contributed by atoms with van der Waals surface area (Å²) in [6.45, 7) is 2.17. The third kappa shape index (κ3) is 3.93. The van der Waals surface area contributed by atoms with E-state index in [0.717, 1.165) is 5.56 Å². The van der Waals surface area contributed by atoms with E-state index in [-0.39, 0.29) is 36.3 Å². The third-order valence-electron chi connectivity index (χ3n) is 6.41. The lowest BCUT2D eigenvalue weighted by molar-refractivity contribution is -0.141. The van der Waals surface area contributed by atoms with Gasteiger partial charge in [0.05, 0.1) is 11.7 Å². The van der Waals surface area contributed by atoms with Crippen LogP contribution in [0.2, 0.25) is 0 Å². The number of nitrogens with one attached hydrogen (secondary N) is 1. The number of para-hydroxylation sites is 1. The topological polar surface area (TPSA) is 59.1 Å². The van der Waals surface area contributed by atoms with Gasteiger partial charge in [-0.3, -0.25) is 9.59 Å². The number of rotatable bonds is 4. The molecule has 2 amide bonds. The molecule has 2 aromatic carbocycles. The van der Waals surface area contributed by atoms with Gasteiger partial charge in [-0.15, -0.1) is 0 Å². The molecule has 2 aromatic rings. The number of benzene rings is 2. The van der Waals surface area contributed by atoms with E-state index < -0.39 is 0 Å². The van der Waals surface area contributed by atoms with Gasteiger partial charge in [0.25, 0.3) is 5.91 Å². The van der Waals surface area contributed by atoms with E-state index in [1.165, 1.54) is 11.0 Å². The first-order valence-corrected chi connectivity index (χ1v) is 11.0. The Labute approximate surface area is 186 Å². The Morgan fingerprint density at radius 3 is 2.44 bits per heavy atom. The van der Waals surface area contributed by atoms with Crippen molar-refractivity contribution in [1.29, 1.82) is 0 Å². The van der Waals surface area contributed by atoms with Gasteiger partial charge in [-0.25, -0.2) is 9.82 Å². The number of nitrogens with zero attached hydrogens (tertiary/aromatic N) is 4. The standard InChI is InChI=1S/C24H26FN5O2/c25-19-8-4-5-9-21(19)27-10-12-28(13-11-27)23(31)17-29-14-15-30-22(24(29)32)16-20(26-30)18-6-2-1-3-7-18/h1-9,14-15,20,22,26H,10-13,16-17H2. The van der Waals surface area contributed by atoms with E-state index in [4.69, 9.17) is 0 Å². The molecule has 2 atom stereocenters. The monoisotopic (exact) mass is 435 g/mol. The van der Waals surface area contributed by atoms with Crippen molar-refractivity contribution in [3.63, 3.8) is 0 Å². The number of hydrogen-bond acceptors (Lipinski definition) is 5. The van der Waals surface area contributed by atoms with Crippen molar-refractivity contribution in [2.75, 3.05) is 37.6 Å². The normalized spacial score (nSPS) is 23.0. The molecular formula is C24H26FN5O2. The molecule has 3 aliphatic heterocycles. The number of amides is 2. The maximum Gasteiger partial charge on any atom is 0.251 e. The Kier molecular flexibility index (Phi) is 5.53. The minimum Gasteiger partial charge on any atom is -0.366 e. The van der Waals surface area contributed by atoms with Crippen molar-refractivity contribution in [3.8, 4) is 0 Å². The molecular weight excluding hydrogens is 409 g/mol. The molecule has 1 N–H and O–H groups in total. The second kappa shape index (κ2) is 8.63. The van der Waals surface area contributed by atoms with E-state index >= 15 is 0 Å². The lowest BCUT2D eigenvalue weighted by Crippen LogP contribution is -2.54. The summed E-state index contributed by atoms with van der Waals surface area (Å²) in [5.41, 5.74) is 5.07. The summed E-state index contributed by atoms with van der Waals surface area (Å²) in [6, 6.07) is 16.5. The first kappa shape index (κ1) is 20.5. The van der Waals surface area contributed by atoms with Gasteiger partial charge in [-0.05, 0) is 24.1 Å². The molecule has 0 aromatic heterocycles. The van der Waals surface area contributed by atoms with Crippen LogP contribution >= 0.6 is 0 Å². The van der Waals surface area contributed by atoms with Gasteiger partial charge < -0.3 is 19.7 Å². The fourth-order valence-corrected chi connectivity index (χ4v) is 4.62. The van der Waals surface area contributed by atoms with E-state index in [1.54, 1.807) is 23.2 Å². The Morgan fingerprint density at radius 2 is 1.69 bits per heavy atom. The molecule has 0 aliphatic carbocycles. The van der Waals surface area contributed by atoms with E-state index in [1.807, 2.05) is 52.5 Å². The van der Waals surface area contributed by atoms with Crippen molar-refractivity contribution >= 4 is 17.5 Å². The van der Waals surface area contributed by atoms with Crippen LogP contribution in [0, 0.1) is 5.82 Å². The minimum absolute atomic E-state index is 0.0232. The largest absolute Gasteiger partial charge is 0.366 e. The average molecular weight is 436 g/mol. The molecule has 32 heavy (non-hydrogen) atoms. The van der Waals surface area contributed by atoms with Crippen LogP contribution in [0.5, 0.6) is 0 Å². The summed E-state index contributed by atoms with van der Waals surface area (Å²) in [6.07, 6.45) is 4.16. The molecule has 7 nitrogen and oxygen atoms in total. The first-order valence-electron chi connectivity index (χ1n) is 11.0. The number of anilines is 1. The lowest BCUT2D eigenvalue weighted by atomic mass is 10.0. The first-order chi connectivity index (χ1) is 15.6. The number of fused-ring (bicyclic) bond motifs is 1. The van der Waals surface area contributed by atoms with E-state index in [2.05, 4.69) is 5.43 Å². The van der Waals surface area contributed by atoms with Gasteiger partial charge >= 0.3 is 0 Å². The number of carbonyl (C=O) groups is 2. The van der Waals surface area contributed by atoms with Gasteiger partial charge in [-0.1, -0.05) is 42.5 Å². The SMILES string of the molecule is O=C1C2CC(c3ccccc3)NN2C=CN1CC(=O)N1CCN(c2ccccc2F)CC1. The smallest absolute Gasteiger partial charge is 0.251 e. The molecule has 0 bridgehead atoms. The molecule has 3 heterocycles. The summed E-state index contributed by atoms with van der Waals surface area (Å²) in [5, 5.41) is 1.84. The number of halogens is 1. The van der Waals surface area contributed by atoms with Crippen LogP contribution < -0.4 is 10.3 Å². The van der Waals surface area contributed by atoms with Gasteiger partial charge in [0.2, 0.25) is 5.91 Å². The van der Waals surface area contributed by atoms with Crippen LogP contribution in [0.1, 0.15) is 18.0 Å². The fourth-order valence-electron chi connectivity index (χ4n) is 4.62. The molecule has 2 unspecified atom stereocenters. The Balaban J connectivity index is 1.17. The van der Waals surface area contributed by atoms with E-state index in [9.17, 15) is 14.0 Å². The molecule has 3 aliphatic rings. The van der Waals surface area contributed by atoms with Gasteiger partial charge in [-0.2, -0.15) is 0 Å². The summed E-state index contributed by atoms with van der Waals surface area (Å²) in [7, 11) is 0. The summed E-state index contributed by atoms with van der Waals surface area (Å²) < 4.78 is 14.0. The zero-order valence-electron chi connectivity index (χ0n) is 17.7. The number of carbonyl (C=O) groups excluding carboxylic acids is 2. The molecule has 2 saturated heterocycles. The number of hydrazine groups is 1. The zero-order valence-corrected chi connectivity index (χ0v) is 17.7. The highest BCUT2D eigenvalue weighted by molar-refractivity contribution is 5.89. The van der Waals surface area contributed by atoms with Crippen molar-refractivity contribution < 1.29 is 14.0 Å². The summed E-state index contributed by atoms with van der Waals surface area (Å²) in [4.78, 5) is 31.2. The average Bonchev–Trinajstić information content (AvgIpc) is 3.27. The van der Waals surface area contributed by atoms with Crippen LogP contribution in [-0.4, -0.2) is 65.4 Å². The maximum absolute atomic E-state index is 14.0. The second-order valence-corrected chi connectivity index (χ2v) is 8.33. The fraction of sp³-hybridized carbons (Fsp3) is 0.333. The van der Waals surface area contributed by atoms with Crippen LogP contribution in [-0.2, 0) is 9.59 Å². The molecule has 0 spiro atoms. The quantitative estimate of drug-likeness (QED) is 0.797. The molecule has 166 valence electrons. The predicted molar refractivity (Wildman–Crippen MR) is 119 cm³/mol. The number of piperazine rings is 1. The molecule has 0 radical (unpaired) electrons. The highest BCUT2D eigenvalue weighted by Gasteiger charge is 2.40. The zero-order chi connectivity index (χ0) is 22.1. The summed E-state index contributed by atoms with van der Waals surface area (Å²) >= 11 is 0. The summed E-state index contributed by atoms with van der Waals surface area (Å²) in [5.74, 6) is -0.410. The van der Waals surface area contributed by atoms with Crippen molar-refractivity contribution in [2.24, 2.45) is 0 Å². The maximum atomic E-state index is 14.0. The molecule has 2 fully saturated rings. The van der Waals surface area contributed by atoms with Crippen LogP contribution in [0.3, 0.4) is 0 Å². The minimum atomic E-state index is -0.323. The Morgan fingerprint density at radius 1 is 0.969 bits per heavy atom. The van der Waals surface area contributed by atoms with Gasteiger partial charge in [0.15, 0.2) is 0 Å². The number of hydrogen-bond donors (Lipinski definition) is 1. The van der Waals surface area contributed by atoms with Gasteiger partial charge in [0.1, 0.15) is 18.4 Å². The predicted octanol–water partition coefficient (Wildman–Crippen LogP) is 2.11. The Bertz CT molecular complexity index is 1020. The Hall–Kier alpha value is -3.39. The highest BCUT2D eigenvalue weighted by atomic mass is 19.1. The molecule has 0 saturated carbocycles. The van der Waals surface area contributed by atoms with Crippen molar-refractivity contribution in [3.05, 3.63) is 78.4 Å². The van der Waals surface area contributed by atoms with E-state index in [0.29, 0.717) is 38.3 Å².